The van der Waals surface area contributed by atoms with Gasteiger partial charge in [-0.05, 0) is 50.6 Å². The van der Waals surface area contributed by atoms with Crippen molar-refractivity contribution >= 4 is 10.9 Å². The van der Waals surface area contributed by atoms with Crippen LogP contribution in [0.1, 0.15) is 50.5 Å². The van der Waals surface area contributed by atoms with Gasteiger partial charge in [0.05, 0.1) is 22.6 Å². The minimum atomic E-state index is -0.00908. The maximum Gasteiger partial charge on any atom is 0.266 e. The number of aryl methyl sites for hydroxylation is 1. The zero-order chi connectivity index (χ0) is 18.5. The Hall–Kier alpha value is -2.46. The lowest BCUT2D eigenvalue weighted by atomic mass is 10.1. The van der Waals surface area contributed by atoms with Crippen molar-refractivity contribution in [1.82, 2.24) is 14.9 Å². The molecule has 0 saturated heterocycles. The second kappa shape index (κ2) is 8.28. The van der Waals surface area contributed by atoms with Crippen molar-refractivity contribution in [2.45, 2.75) is 46.1 Å². The highest BCUT2D eigenvalue weighted by Gasteiger charge is 2.19. The van der Waals surface area contributed by atoms with E-state index in [4.69, 9.17) is 4.98 Å². The van der Waals surface area contributed by atoms with E-state index in [9.17, 15) is 4.79 Å². The predicted octanol–water partition coefficient (Wildman–Crippen LogP) is 4.53. The standard InChI is InChI=1S/C22H27N3O/c1-4-6-15-23-19(5-2)21-24-20-10-8-7-9-18(20)22(26)25(21)17-13-11-16(3)12-14-17/h7-14,19,23H,4-6,15H2,1-3H3/t19-/m1/s1. The maximum absolute atomic E-state index is 13.3. The summed E-state index contributed by atoms with van der Waals surface area (Å²) in [6.07, 6.45) is 3.12. The molecule has 136 valence electrons. The quantitative estimate of drug-likeness (QED) is 0.637. The lowest BCUT2D eigenvalue weighted by molar-refractivity contribution is 0.476. The van der Waals surface area contributed by atoms with E-state index in [2.05, 4.69) is 19.2 Å². The summed E-state index contributed by atoms with van der Waals surface area (Å²) >= 11 is 0. The monoisotopic (exact) mass is 349 g/mol. The number of nitrogens with zero attached hydrogens (tertiary/aromatic N) is 2. The van der Waals surface area contributed by atoms with Gasteiger partial charge in [0.2, 0.25) is 0 Å². The minimum absolute atomic E-state index is 0.00908. The summed E-state index contributed by atoms with van der Waals surface area (Å²) in [5, 5.41) is 4.23. The van der Waals surface area contributed by atoms with Crippen LogP contribution in [0.15, 0.2) is 53.3 Å². The highest BCUT2D eigenvalue weighted by molar-refractivity contribution is 5.77. The van der Waals surface area contributed by atoms with Crippen LogP contribution in [0.2, 0.25) is 0 Å². The lowest BCUT2D eigenvalue weighted by Gasteiger charge is -2.22. The van der Waals surface area contributed by atoms with Crippen LogP contribution in [-0.2, 0) is 0 Å². The summed E-state index contributed by atoms with van der Waals surface area (Å²) in [6, 6.07) is 15.7. The van der Waals surface area contributed by atoms with Crippen molar-refractivity contribution in [2.75, 3.05) is 6.54 Å². The number of rotatable bonds is 7. The zero-order valence-corrected chi connectivity index (χ0v) is 15.8. The molecule has 1 aromatic heterocycles. The first-order valence-electron chi connectivity index (χ1n) is 9.47. The van der Waals surface area contributed by atoms with E-state index in [1.165, 1.54) is 5.56 Å². The molecule has 0 aliphatic carbocycles. The molecule has 0 radical (unpaired) electrons. The maximum atomic E-state index is 13.3. The SMILES string of the molecule is CCCCN[C@H](CC)c1nc2ccccc2c(=O)n1-c1ccc(C)cc1. The van der Waals surface area contributed by atoms with Crippen LogP contribution in [0.4, 0.5) is 0 Å². The van der Waals surface area contributed by atoms with E-state index >= 15 is 0 Å². The Morgan fingerprint density at radius 3 is 2.50 bits per heavy atom. The number of benzene rings is 2. The Kier molecular flexibility index (Phi) is 5.84. The van der Waals surface area contributed by atoms with E-state index < -0.39 is 0 Å². The third-order valence-electron chi connectivity index (χ3n) is 4.73. The number of para-hydroxylation sites is 1. The van der Waals surface area contributed by atoms with Crippen LogP contribution < -0.4 is 10.9 Å². The Morgan fingerprint density at radius 1 is 1.08 bits per heavy atom. The molecule has 0 saturated carbocycles. The summed E-state index contributed by atoms with van der Waals surface area (Å²) < 4.78 is 1.77. The Bertz CT molecular complexity index is 928. The van der Waals surface area contributed by atoms with Gasteiger partial charge in [0, 0.05) is 0 Å². The molecule has 4 heteroatoms. The summed E-state index contributed by atoms with van der Waals surface area (Å²) in [7, 11) is 0. The van der Waals surface area contributed by atoms with Crippen LogP contribution in [0.25, 0.3) is 16.6 Å². The number of fused-ring (bicyclic) bond motifs is 1. The Labute approximate surface area is 154 Å². The summed E-state index contributed by atoms with van der Waals surface area (Å²) in [5.74, 6) is 0.788. The number of hydrogen-bond donors (Lipinski definition) is 1. The van der Waals surface area contributed by atoms with E-state index in [0.717, 1.165) is 42.8 Å². The highest BCUT2D eigenvalue weighted by Crippen LogP contribution is 2.20. The fourth-order valence-electron chi connectivity index (χ4n) is 3.20. The molecule has 26 heavy (non-hydrogen) atoms. The van der Waals surface area contributed by atoms with Crippen LogP contribution >= 0.6 is 0 Å². The Morgan fingerprint density at radius 2 is 1.81 bits per heavy atom. The van der Waals surface area contributed by atoms with Gasteiger partial charge < -0.3 is 5.32 Å². The van der Waals surface area contributed by atoms with Gasteiger partial charge in [-0.2, -0.15) is 0 Å². The smallest absolute Gasteiger partial charge is 0.266 e. The van der Waals surface area contributed by atoms with E-state index in [1.54, 1.807) is 4.57 Å². The number of hydrogen-bond acceptors (Lipinski definition) is 3. The molecule has 3 rings (SSSR count). The normalized spacial score (nSPS) is 12.4. The zero-order valence-electron chi connectivity index (χ0n) is 15.8. The van der Waals surface area contributed by atoms with Crippen molar-refractivity contribution in [3.05, 3.63) is 70.3 Å². The predicted molar refractivity (Wildman–Crippen MR) is 108 cm³/mol. The number of unbranched alkanes of at least 4 members (excludes halogenated alkanes) is 1. The average Bonchev–Trinajstić information content (AvgIpc) is 2.66. The molecule has 4 nitrogen and oxygen atoms in total. The molecular formula is C22H27N3O. The first-order chi connectivity index (χ1) is 12.7. The van der Waals surface area contributed by atoms with E-state index in [0.29, 0.717) is 5.39 Å². The molecule has 1 N–H and O–H groups in total. The largest absolute Gasteiger partial charge is 0.307 e. The molecule has 0 spiro atoms. The third kappa shape index (κ3) is 3.70. The molecule has 1 heterocycles. The van der Waals surface area contributed by atoms with Gasteiger partial charge in [0.15, 0.2) is 0 Å². The average molecular weight is 349 g/mol. The van der Waals surface area contributed by atoms with Gasteiger partial charge in [-0.25, -0.2) is 4.98 Å². The second-order valence-corrected chi connectivity index (χ2v) is 6.73. The van der Waals surface area contributed by atoms with E-state index in [1.807, 2.05) is 55.5 Å². The molecular weight excluding hydrogens is 322 g/mol. The second-order valence-electron chi connectivity index (χ2n) is 6.73. The van der Waals surface area contributed by atoms with Gasteiger partial charge in [0.25, 0.3) is 5.56 Å². The van der Waals surface area contributed by atoms with Crippen molar-refractivity contribution < 1.29 is 0 Å². The summed E-state index contributed by atoms with van der Waals surface area (Å²) in [4.78, 5) is 18.2. The van der Waals surface area contributed by atoms with E-state index in [-0.39, 0.29) is 11.6 Å². The Balaban J connectivity index is 2.20. The number of nitrogens with one attached hydrogen (secondary N) is 1. The first kappa shape index (κ1) is 18.3. The molecule has 1 atom stereocenters. The van der Waals surface area contributed by atoms with Crippen molar-refractivity contribution in [3.63, 3.8) is 0 Å². The fraction of sp³-hybridized carbons (Fsp3) is 0.364. The van der Waals surface area contributed by atoms with Gasteiger partial charge in [-0.15, -0.1) is 0 Å². The first-order valence-corrected chi connectivity index (χ1v) is 9.47. The van der Waals surface area contributed by atoms with Gasteiger partial charge in [0.1, 0.15) is 5.82 Å². The number of aromatic nitrogens is 2. The fourth-order valence-corrected chi connectivity index (χ4v) is 3.20. The minimum Gasteiger partial charge on any atom is -0.307 e. The summed E-state index contributed by atoms with van der Waals surface area (Å²) in [6.45, 7) is 7.28. The molecule has 0 bridgehead atoms. The molecule has 0 aliphatic heterocycles. The van der Waals surface area contributed by atoms with Gasteiger partial charge in [-0.3, -0.25) is 9.36 Å². The molecule has 0 unspecified atom stereocenters. The molecule has 0 fully saturated rings. The van der Waals surface area contributed by atoms with Crippen LogP contribution in [0, 0.1) is 6.92 Å². The van der Waals surface area contributed by atoms with Crippen molar-refractivity contribution in [3.8, 4) is 5.69 Å². The molecule has 2 aromatic carbocycles. The third-order valence-corrected chi connectivity index (χ3v) is 4.73. The van der Waals surface area contributed by atoms with Crippen LogP contribution in [0.3, 0.4) is 0 Å². The van der Waals surface area contributed by atoms with Crippen LogP contribution in [0.5, 0.6) is 0 Å². The van der Waals surface area contributed by atoms with Gasteiger partial charge in [-0.1, -0.05) is 50.1 Å². The lowest BCUT2D eigenvalue weighted by Crippen LogP contribution is -2.31. The highest BCUT2D eigenvalue weighted by atomic mass is 16.1. The van der Waals surface area contributed by atoms with Crippen molar-refractivity contribution in [1.29, 1.82) is 0 Å². The molecule has 0 aliphatic rings. The van der Waals surface area contributed by atoms with Crippen LogP contribution in [-0.4, -0.2) is 16.1 Å². The van der Waals surface area contributed by atoms with Gasteiger partial charge >= 0.3 is 0 Å². The molecule has 3 aromatic rings. The molecule has 0 amide bonds. The summed E-state index contributed by atoms with van der Waals surface area (Å²) in [5.41, 5.74) is 2.78. The topological polar surface area (TPSA) is 46.9 Å². The van der Waals surface area contributed by atoms with Crippen molar-refractivity contribution in [2.24, 2.45) is 0 Å².